The average molecular weight is 540 g/mol. The predicted octanol–water partition coefficient (Wildman–Crippen LogP) is 2.84. The first-order chi connectivity index (χ1) is 18.2. The molecule has 2 N–H and O–H groups in total. The zero-order chi connectivity index (χ0) is 27.3. The Morgan fingerprint density at radius 1 is 1.00 bits per heavy atom. The summed E-state index contributed by atoms with van der Waals surface area (Å²) in [7, 11) is -0.523. The molecular weight excluding hydrogens is 510 g/mol. The summed E-state index contributed by atoms with van der Waals surface area (Å²) in [6, 6.07) is 18.7. The molecule has 3 aromatic carbocycles. The molecule has 1 aliphatic heterocycles. The Morgan fingerprint density at radius 3 is 2.45 bits per heavy atom. The Bertz CT molecular complexity index is 1440. The Hall–Kier alpha value is -4.25. The molecule has 2 amide bonds. The second kappa shape index (κ2) is 11.4. The number of hydrogen-bond acceptors (Lipinski definition) is 7. The van der Waals surface area contributed by atoms with E-state index in [9.17, 15) is 18.0 Å². The minimum Gasteiger partial charge on any atom is -0.493 e. The number of nitrogens with zero attached hydrogens (tertiary/aromatic N) is 1. The zero-order valence-electron chi connectivity index (χ0n) is 21.3. The van der Waals surface area contributed by atoms with Gasteiger partial charge in [-0.1, -0.05) is 30.3 Å². The van der Waals surface area contributed by atoms with E-state index in [0.29, 0.717) is 30.2 Å². The van der Waals surface area contributed by atoms with Crippen molar-refractivity contribution in [3.8, 4) is 17.2 Å². The number of fused-ring (bicyclic) bond motifs is 1. The number of para-hydroxylation sites is 3. The molecule has 38 heavy (non-hydrogen) atoms. The SMILES string of the molecule is COc1ccc(CCNC(=O)c2ccccc2NC(=O)C2CN(S(C)(=O)=O)c3ccccc3O2)cc1OC. The molecule has 1 unspecified atom stereocenters. The lowest BCUT2D eigenvalue weighted by Crippen LogP contribution is -2.48. The van der Waals surface area contributed by atoms with Crippen molar-refractivity contribution >= 4 is 33.2 Å². The Balaban J connectivity index is 1.43. The highest BCUT2D eigenvalue weighted by molar-refractivity contribution is 7.92. The van der Waals surface area contributed by atoms with Gasteiger partial charge in [-0.15, -0.1) is 0 Å². The number of nitrogens with one attached hydrogen (secondary N) is 2. The van der Waals surface area contributed by atoms with Gasteiger partial charge >= 0.3 is 0 Å². The number of ether oxygens (including phenoxy) is 3. The van der Waals surface area contributed by atoms with Crippen LogP contribution >= 0.6 is 0 Å². The summed E-state index contributed by atoms with van der Waals surface area (Å²) in [6.45, 7) is 0.157. The normalized spacial score (nSPS) is 14.6. The fraction of sp³-hybridized carbons (Fsp3) is 0.259. The number of sulfonamides is 1. The Kier molecular flexibility index (Phi) is 8.06. The van der Waals surface area contributed by atoms with E-state index < -0.39 is 22.0 Å². The van der Waals surface area contributed by atoms with Crippen molar-refractivity contribution in [2.24, 2.45) is 0 Å². The number of amides is 2. The highest BCUT2D eigenvalue weighted by Crippen LogP contribution is 2.35. The Morgan fingerprint density at radius 2 is 1.71 bits per heavy atom. The van der Waals surface area contributed by atoms with Crippen LogP contribution in [-0.4, -0.2) is 59.9 Å². The lowest BCUT2D eigenvalue weighted by atomic mass is 10.1. The number of methoxy groups -OCH3 is 2. The lowest BCUT2D eigenvalue weighted by Gasteiger charge is -2.33. The van der Waals surface area contributed by atoms with Crippen LogP contribution in [0.4, 0.5) is 11.4 Å². The third kappa shape index (κ3) is 6.00. The van der Waals surface area contributed by atoms with Crippen LogP contribution < -0.4 is 29.1 Å². The smallest absolute Gasteiger partial charge is 0.267 e. The quantitative estimate of drug-likeness (QED) is 0.429. The third-order valence-corrected chi connectivity index (χ3v) is 7.15. The van der Waals surface area contributed by atoms with Crippen molar-refractivity contribution in [2.75, 3.05) is 43.2 Å². The first-order valence-corrected chi connectivity index (χ1v) is 13.7. The van der Waals surface area contributed by atoms with E-state index >= 15 is 0 Å². The van der Waals surface area contributed by atoms with E-state index in [4.69, 9.17) is 14.2 Å². The molecule has 1 aliphatic rings. The molecule has 0 saturated heterocycles. The summed E-state index contributed by atoms with van der Waals surface area (Å²) in [5, 5.41) is 5.59. The first kappa shape index (κ1) is 26.8. The molecule has 0 bridgehead atoms. The van der Waals surface area contributed by atoms with Crippen LogP contribution in [0.15, 0.2) is 66.7 Å². The molecular formula is C27H29N3O7S. The summed E-state index contributed by atoms with van der Waals surface area (Å²) in [5.41, 5.74) is 1.88. The molecule has 1 heterocycles. The van der Waals surface area contributed by atoms with E-state index in [2.05, 4.69) is 10.6 Å². The van der Waals surface area contributed by atoms with Crippen LogP contribution in [0.1, 0.15) is 15.9 Å². The molecule has 4 rings (SSSR count). The highest BCUT2D eigenvalue weighted by Gasteiger charge is 2.35. The molecule has 0 spiro atoms. The highest BCUT2D eigenvalue weighted by atomic mass is 32.2. The molecule has 0 saturated carbocycles. The van der Waals surface area contributed by atoms with Gasteiger partial charge in [-0.25, -0.2) is 8.42 Å². The van der Waals surface area contributed by atoms with Gasteiger partial charge in [0.2, 0.25) is 10.0 Å². The van der Waals surface area contributed by atoms with Crippen molar-refractivity contribution in [1.29, 1.82) is 0 Å². The Labute approximate surface area is 221 Å². The molecule has 1 atom stereocenters. The fourth-order valence-corrected chi connectivity index (χ4v) is 5.02. The molecule has 0 aromatic heterocycles. The summed E-state index contributed by atoms with van der Waals surface area (Å²) in [6.07, 6.45) is 0.518. The summed E-state index contributed by atoms with van der Waals surface area (Å²) in [4.78, 5) is 26.1. The summed E-state index contributed by atoms with van der Waals surface area (Å²) in [5.74, 6) is 0.569. The third-order valence-electron chi connectivity index (χ3n) is 6.00. The van der Waals surface area contributed by atoms with Gasteiger partial charge in [0.05, 0.1) is 44.0 Å². The largest absolute Gasteiger partial charge is 0.493 e. The second-order valence-corrected chi connectivity index (χ2v) is 10.5. The van der Waals surface area contributed by atoms with Gasteiger partial charge in [-0.05, 0) is 48.4 Å². The fourth-order valence-electron chi connectivity index (χ4n) is 4.11. The monoisotopic (exact) mass is 539 g/mol. The van der Waals surface area contributed by atoms with Crippen molar-refractivity contribution < 1.29 is 32.2 Å². The maximum absolute atomic E-state index is 13.1. The maximum Gasteiger partial charge on any atom is 0.267 e. The van der Waals surface area contributed by atoms with E-state index in [-0.39, 0.29) is 29.5 Å². The number of carbonyl (C=O) groups is 2. The molecule has 0 aliphatic carbocycles. The van der Waals surface area contributed by atoms with Crippen molar-refractivity contribution in [2.45, 2.75) is 12.5 Å². The van der Waals surface area contributed by atoms with Gasteiger partial charge in [0, 0.05) is 6.54 Å². The minimum absolute atomic E-state index is 0.193. The zero-order valence-corrected chi connectivity index (χ0v) is 22.1. The van der Waals surface area contributed by atoms with Gasteiger partial charge in [-0.2, -0.15) is 0 Å². The standard InChI is InChI=1S/C27H29N3O7S/c1-35-23-13-12-18(16-24(23)36-2)14-15-28-26(31)19-8-4-5-9-20(19)29-27(32)25-17-30(38(3,33)34)21-10-6-7-11-22(21)37-25/h4-13,16,25H,14-15,17H2,1-3H3,(H,28,31)(H,29,32). The predicted molar refractivity (Wildman–Crippen MR) is 144 cm³/mol. The molecule has 0 fully saturated rings. The van der Waals surface area contributed by atoms with Crippen LogP contribution in [0.2, 0.25) is 0 Å². The van der Waals surface area contributed by atoms with Crippen LogP contribution in [0.3, 0.4) is 0 Å². The maximum atomic E-state index is 13.1. The van der Waals surface area contributed by atoms with E-state index in [1.54, 1.807) is 68.8 Å². The van der Waals surface area contributed by atoms with Gasteiger partial charge in [0.25, 0.3) is 11.8 Å². The number of carbonyl (C=O) groups excluding carboxylic acids is 2. The minimum atomic E-state index is -3.65. The van der Waals surface area contributed by atoms with Crippen LogP contribution in [0.25, 0.3) is 0 Å². The molecule has 11 heteroatoms. The summed E-state index contributed by atoms with van der Waals surface area (Å²) >= 11 is 0. The van der Waals surface area contributed by atoms with Gasteiger partial charge in [0.15, 0.2) is 17.6 Å². The van der Waals surface area contributed by atoms with Crippen LogP contribution in [0, 0.1) is 0 Å². The first-order valence-electron chi connectivity index (χ1n) is 11.8. The number of hydrogen-bond donors (Lipinski definition) is 2. The van der Waals surface area contributed by atoms with E-state index in [1.165, 1.54) is 0 Å². The van der Waals surface area contributed by atoms with E-state index in [0.717, 1.165) is 16.1 Å². The second-order valence-electron chi connectivity index (χ2n) is 8.60. The van der Waals surface area contributed by atoms with Gasteiger partial charge < -0.3 is 24.8 Å². The number of rotatable bonds is 9. The molecule has 0 radical (unpaired) electrons. The van der Waals surface area contributed by atoms with Crippen LogP contribution in [-0.2, 0) is 21.2 Å². The molecule has 200 valence electrons. The van der Waals surface area contributed by atoms with Crippen molar-refractivity contribution in [3.05, 3.63) is 77.9 Å². The van der Waals surface area contributed by atoms with Crippen LogP contribution in [0.5, 0.6) is 17.2 Å². The van der Waals surface area contributed by atoms with Gasteiger partial charge in [-0.3, -0.25) is 13.9 Å². The molecule has 3 aromatic rings. The number of anilines is 2. The molecule has 10 nitrogen and oxygen atoms in total. The number of benzene rings is 3. The van der Waals surface area contributed by atoms with Gasteiger partial charge in [0.1, 0.15) is 5.75 Å². The lowest BCUT2D eigenvalue weighted by molar-refractivity contribution is -0.122. The van der Waals surface area contributed by atoms with Crippen molar-refractivity contribution in [3.63, 3.8) is 0 Å². The van der Waals surface area contributed by atoms with E-state index in [1.807, 2.05) is 12.1 Å². The average Bonchev–Trinajstić information content (AvgIpc) is 2.91. The topological polar surface area (TPSA) is 123 Å². The summed E-state index contributed by atoms with van der Waals surface area (Å²) < 4.78 is 42.2. The van der Waals surface area contributed by atoms with Crippen molar-refractivity contribution in [1.82, 2.24) is 5.32 Å².